The molecular formula is C18H17NO3. The standard InChI is InChI=1S/C18H17NO3/c1-3-22-18(20)17-16(12-14-6-4-5-11-19(14)17)13-7-9-15(21-2)10-8-13/h4-12H,3H2,1-2H3. The normalized spacial score (nSPS) is 10.6. The highest BCUT2D eigenvalue weighted by Gasteiger charge is 2.19. The molecule has 2 aromatic heterocycles. The summed E-state index contributed by atoms with van der Waals surface area (Å²) in [7, 11) is 1.63. The Morgan fingerprint density at radius 3 is 2.59 bits per heavy atom. The van der Waals surface area contributed by atoms with Gasteiger partial charge in [0.15, 0.2) is 0 Å². The molecule has 0 aliphatic heterocycles. The van der Waals surface area contributed by atoms with Crippen LogP contribution < -0.4 is 4.74 Å². The SMILES string of the molecule is CCOC(=O)c1c(-c2ccc(OC)cc2)cc2ccccn12. The molecule has 0 spiro atoms. The van der Waals surface area contributed by atoms with E-state index in [0.717, 1.165) is 22.4 Å². The molecule has 22 heavy (non-hydrogen) atoms. The maximum atomic E-state index is 12.4. The second-order valence-corrected chi connectivity index (χ2v) is 4.85. The molecule has 4 heteroatoms. The summed E-state index contributed by atoms with van der Waals surface area (Å²) in [4.78, 5) is 12.4. The van der Waals surface area contributed by atoms with Crippen LogP contribution in [0.15, 0.2) is 54.7 Å². The average Bonchev–Trinajstić information content (AvgIpc) is 2.94. The van der Waals surface area contributed by atoms with Gasteiger partial charge in [0.25, 0.3) is 0 Å². The fraction of sp³-hybridized carbons (Fsp3) is 0.167. The molecule has 3 rings (SSSR count). The Labute approximate surface area is 128 Å². The molecule has 0 amide bonds. The third kappa shape index (κ3) is 2.44. The largest absolute Gasteiger partial charge is 0.497 e. The lowest BCUT2D eigenvalue weighted by Gasteiger charge is -2.07. The molecular weight excluding hydrogens is 278 g/mol. The topological polar surface area (TPSA) is 39.9 Å². The first-order chi connectivity index (χ1) is 10.7. The zero-order valence-corrected chi connectivity index (χ0v) is 12.6. The summed E-state index contributed by atoms with van der Waals surface area (Å²) >= 11 is 0. The number of pyridine rings is 1. The number of esters is 1. The van der Waals surface area contributed by atoms with Gasteiger partial charge in [0.05, 0.1) is 13.7 Å². The number of carbonyl (C=O) groups is 1. The van der Waals surface area contributed by atoms with Crippen molar-refractivity contribution in [1.29, 1.82) is 0 Å². The van der Waals surface area contributed by atoms with Crippen LogP contribution >= 0.6 is 0 Å². The van der Waals surface area contributed by atoms with Gasteiger partial charge in [-0.15, -0.1) is 0 Å². The van der Waals surface area contributed by atoms with Crippen LogP contribution in [0.4, 0.5) is 0 Å². The molecule has 0 atom stereocenters. The Morgan fingerprint density at radius 1 is 1.14 bits per heavy atom. The van der Waals surface area contributed by atoms with Crippen molar-refractivity contribution in [2.24, 2.45) is 0 Å². The van der Waals surface area contributed by atoms with Gasteiger partial charge in [0, 0.05) is 17.3 Å². The minimum atomic E-state index is -0.320. The number of benzene rings is 1. The van der Waals surface area contributed by atoms with Gasteiger partial charge in [-0.1, -0.05) is 18.2 Å². The minimum Gasteiger partial charge on any atom is -0.497 e. The Bertz CT molecular complexity index is 803. The van der Waals surface area contributed by atoms with Crippen LogP contribution in [0.25, 0.3) is 16.6 Å². The molecule has 0 unspecified atom stereocenters. The molecule has 4 nitrogen and oxygen atoms in total. The van der Waals surface area contributed by atoms with Crippen molar-refractivity contribution in [3.8, 4) is 16.9 Å². The average molecular weight is 295 g/mol. The van der Waals surface area contributed by atoms with Gasteiger partial charge in [0.2, 0.25) is 0 Å². The van der Waals surface area contributed by atoms with Gasteiger partial charge in [-0.25, -0.2) is 4.79 Å². The Morgan fingerprint density at radius 2 is 1.91 bits per heavy atom. The van der Waals surface area contributed by atoms with Crippen LogP contribution in [0.2, 0.25) is 0 Å². The number of aromatic nitrogens is 1. The van der Waals surface area contributed by atoms with Crippen LogP contribution in [0.3, 0.4) is 0 Å². The summed E-state index contributed by atoms with van der Waals surface area (Å²) in [6, 6.07) is 15.4. The summed E-state index contributed by atoms with van der Waals surface area (Å²) < 4.78 is 12.3. The van der Waals surface area contributed by atoms with E-state index in [4.69, 9.17) is 9.47 Å². The Kier molecular flexibility index (Phi) is 3.83. The quantitative estimate of drug-likeness (QED) is 0.687. The number of hydrogen-bond donors (Lipinski definition) is 0. The molecule has 0 radical (unpaired) electrons. The first-order valence-electron chi connectivity index (χ1n) is 7.16. The summed E-state index contributed by atoms with van der Waals surface area (Å²) in [6.45, 7) is 2.15. The molecule has 3 aromatic rings. The number of carbonyl (C=O) groups excluding carboxylic acids is 1. The lowest BCUT2D eigenvalue weighted by Crippen LogP contribution is -2.09. The zero-order valence-electron chi connectivity index (χ0n) is 12.6. The molecule has 0 N–H and O–H groups in total. The van der Waals surface area contributed by atoms with Crippen molar-refractivity contribution in [2.45, 2.75) is 6.92 Å². The lowest BCUT2D eigenvalue weighted by atomic mass is 10.1. The van der Waals surface area contributed by atoms with Gasteiger partial charge in [-0.05, 0) is 42.8 Å². The second kappa shape index (κ2) is 5.93. The highest BCUT2D eigenvalue weighted by molar-refractivity contribution is 5.98. The van der Waals surface area contributed by atoms with Crippen LogP contribution in [0.1, 0.15) is 17.4 Å². The highest BCUT2D eigenvalue weighted by atomic mass is 16.5. The van der Waals surface area contributed by atoms with Crippen LogP contribution in [-0.4, -0.2) is 24.1 Å². The van der Waals surface area contributed by atoms with Gasteiger partial charge < -0.3 is 13.9 Å². The molecule has 0 fully saturated rings. The van der Waals surface area contributed by atoms with E-state index in [9.17, 15) is 4.79 Å². The minimum absolute atomic E-state index is 0.320. The molecule has 0 saturated heterocycles. The third-order valence-corrected chi connectivity index (χ3v) is 3.55. The van der Waals surface area contributed by atoms with Gasteiger partial charge >= 0.3 is 5.97 Å². The molecule has 0 bridgehead atoms. The van der Waals surface area contributed by atoms with Gasteiger partial charge in [-0.2, -0.15) is 0 Å². The van der Waals surface area contributed by atoms with E-state index in [1.807, 2.05) is 59.1 Å². The number of fused-ring (bicyclic) bond motifs is 1. The van der Waals surface area contributed by atoms with Crippen molar-refractivity contribution < 1.29 is 14.3 Å². The van der Waals surface area contributed by atoms with E-state index in [0.29, 0.717) is 12.3 Å². The molecule has 112 valence electrons. The first-order valence-corrected chi connectivity index (χ1v) is 7.16. The van der Waals surface area contributed by atoms with E-state index in [1.165, 1.54) is 0 Å². The van der Waals surface area contributed by atoms with Gasteiger partial charge in [0.1, 0.15) is 11.4 Å². The van der Waals surface area contributed by atoms with Gasteiger partial charge in [-0.3, -0.25) is 0 Å². The number of ether oxygens (including phenoxy) is 2. The van der Waals surface area contributed by atoms with Crippen LogP contribution in [0, 0.1) is 0 Å². The molecule has 1 aromatic carbocycles. The summed E-state index contributed by atoms with van der Waals surface area (Å²) in [5.74, 6) is 0.463. The van der Waals surface area contributed by atoms with Crippen LogP contribution in [0.5, 0.6) is 5.75 Å². The fourth-order valence-electron chi connectivity index (χ4n) is 2.52. The predicted molar refractivity (Wildman–Crippen MR) is 85.3 cm³/mol. The first kappa shape index (κ1) is 14.2. The highest BCUT2D eigenvalue weighted by Crippen LogP contribution is 2.29. The molecule has 2 heterocycles. The van der Waals surface area contributed by atoms with E-state index in [1.54, 1.807) is 14.0 Å². The van der Waals surface area contributed by atoms with E-state index in [-0.39, 0.29) is 5.97 Å². The van der Waals surface area contributed by atoms with Crippen molar-refractivity contribution in [2.75, 3.05) is 13.7 Å². The maximum absolute atomic E-state index is 12.4. The molecule has 0 saturated carbocycles. The fourth-order valence-corrected chi connectivity index (χ4v) is 2.52. The predicted octanol–water partition coefficient (Wildman–Crippen LogP) is 3.79. The number of rotatable bonds is 4. The summed E-state index contributed by atoms with van der Waals surface area (Å²) in [6.07, 6.45) is 1.87. The van der Waals surface area contributed by atoms with Crippen LogP contribution in [-0.2, 0) is 4.74 Å². The van der Waals surface area contributed by atoms with E-state index < -0.39 is 0 Å². The van der Waals surface area contributed by atoms with Crippen molar-refractivity contribution in [1.82, 2.24) is 4.40 Å². The number of hydrogen-bond acceptors (Lipinski definition) is 3. The maximum Gasteiger partial charge on any atom is 0.355 e. The summed E-state index contributed by atoms with van der Waals surface area (Å²) in [5.41, 5.74) is 3.30. The monoisotopic (exact) mass is 295 g/mol. The number of nitrogens with zero attached hydrogens (tertiary/aromatic N) is 1. The smallest absolute Gasteiger partial charge is 0.355 e. The Balaban J connectivity index is 2.18. The molecule has 0 aliphatic rings. The van der Waals surface area contributed by atoms with Crippen molar-refractivity contribution in [3.63, 3.8) is 0 Å². The van der Waals surface area contributed by atoms with Crippen molar-refractivity contribution >= 4 is 11.5 Å². The molecule has 0 aliphatic carbocycles. The third-order valence-electron chi connectivity index (χ3n) is 3.55. The zero-order chi connectivity index (χ0) is 15.5. The second-order valence-electron chi connectivity index (χ2n) is 4.85. The van der Waals surface area contributed by atoms with E-state index in [2.05, 4.69) is 0 Å². The number of methoxy groups -OCH3 is 1. The van der Waals surface area contributed by atoms with Crippen molar-refractivity contribution in [3.05, 3.63) is 60.4 Å². The van der Waals surface area contributed by atoms with E-state index >= 15 is 0 Å². The Hall–Kier alpha value is -2.75. The summed E-state index contributed by atoms with van der Waals surface area (Å²) in [5, 5.41) is 0. The lowest BCUT2D eigenvalue weighted by molar-refractivity contribution is 0.0519.